The molecule has 4 nitrogen and oxygen atoms in total. The fraction of sp³-hybridized carbons (Fsp3) is 0.167. The van der Waals surface area contributed by atoms with E-state index < -0.39 is 5.97 Å². The second-order valence-electron chi connectivity index (χ2n) is 3.48. The predicted molar refractivity (Wildman–Crippen MR) is 65.9 cm³/mol. The van der Waals surface area contributed by atoms with Crippen LogP contribution in [0.3, 0.4) is 0 Å². The van der Waals surface area contributed by atoms with Gasteiger partial charge in [-0.2, -0.15) is 0 Å². The lowest BCUT2D eigenvalue weighted by atomic mass is 10.4. The summed E-state index contributed by atoms with van der Waals surface area (Å²) in [7, 11) is 1.32. The first-order valence-corrected chi connectivity index (χ1v) is 6.18. The first kappa shape index (κ1) is 12.6. The zero-order valence-corrected chi connectivity index (χ0v) is 10.5. The highest BCUT2D eigenvalue weighted by atomic mass is 32.2. The predicted octanol–water partition coefficient (Wildman–Crippen LogP) is 2.63. The van der Waals surface area contributed by atoms with Crippen LogP contribution in [-0.4, -0.2) is 23.0 Å². The van der Waals surface area contributed by atoms with Gasteiger partial charge in [-0.05, 0) is 24.3 Å². The highest BCUT2D eigenvalue weighted by Gasteiger charge is 2.09. The first-order valence-electron chi connectivity index (χ1n) is 5.19. The quantitative estimate of drug-likeness (QED) is 0.682. The maximum absolute atomic E-state index is 12.7. The SMILES string of the molecule is COC(=O)c1cnc(CSc2ccc(F)cc2)[nH]1. The van der Waals surface area contributed by atoms with Crippen molar-refractivity contribution in [2.75, 3.05) is 7.11 Å². The molecule has 0 amide bonds. The van der Waals surface area contributed by atoms with Crippen LogP contribution in [0.1, 0.15) is 16.3 Å². The van der Waals surface area contributed by atoms with Gasteiger partial charge in [-0.1, -0.05) is 0 Å². The largest absolute Gasteiger partial charge is 0.464 e. The first-order chi connectivity index (χ1) is 8.69. The molecule has 0 saturated carbocycles. The highest BCUT2D eigenvalue weighted by Crippen LogP contribution is 2.21. The number of ether oxygens (including phenoxy) is 1. The molecule has 0 aliphatic heterocycles. The molecule has 94 valence electrons. The number of nitrogens with one attached hydrogen (secondary N) is 1. The van der Waals surface area contributed by atoms with Gasteiger partial charge in [0.2, 0.25) is 0 Å². The molecule has 1 N–H and O–H groups in total. The minimum atomic E-state index is -0.444. The van der Waals surface area contributed by atoms with Crippen LogP contribution in [0, 0.1) is 5.82 Å². The summed E-state index contributed by atoms with van der Waals surface area (Å²) in [5.41, 5.74) is 0.326. The Morgan fingerprint density at radius 1 is 1.44 bits per heavy atom. The number of methoxy groups -OCH3 is 1. The average molecular weight is 266 g/mol. The van der Waals surface area contributed by atoms with Crippen LogP contribution in [0.4, 0.5) is 4.39 Å². The minimum absolute atomic E-state index is 0.259. The van der Waals surface area contributed by atoms with Gasteiger partial charge in [0.05, 0.1) is 19.1 Å². The van der Waals surface area contributed by atoms with E-state index in [2.05, 4.69) is 14.7 Å². The van der Waals surface area contributed by atoms with Crippen molar-refractivity contribution in [3.63, 3.8) is 0 Å². The molecule has 0 radical (unpaired) electrons. The van der Waals surface area contributed by atoms with Crippen molar-refractivity contribution in [3.8, 4) is 0 Å². The second kappa shape index (κ2) is 5.68. The second-order valence-corrected chi connectivity index (χ2v) is 4.53. The van der Waals surface area contributed by atoms with Crippen LogP contribution in [-0.2, 0) is 10.5 Å². The zero-order chi connectivity index (χ0) is 13.0. The smallest absolute Gasteiger partial charge is 0.356 e. The van der Waals surface area contributed by atoms with Gasteiger partial charge >= 0.3 is 5.97 Å². The standard InChI is InChI=1S/C12H11FN2O2S/c1-17-12(16)10-6-14-11(15-10)7-18-9-4-2-8(13)3-5-9/h2-6H,7H2,1H3,(H,14,15). The topological polar surface area (TPSA) is 55.0 Å². The number of esters is 1. The Balaban J connectivity index is 1.96. The van der Waals surface area contributed by atoms with Gasteiger partial charge in [-0.25, -0.2) is 14.2 Å². The van der Waals surface area contributed by atoms with E-state index in [1.54, 1.807) is 12.1 Å². The van der Waals surface area contributed by atoms with Crippen LogP contribution in [0.2, 0.25) is 0 Å². The van der Waals surface area contributed by atoms with Crippen molar-refractivity contribution in [2.24, 2.45) is 0 Å². The van der Waals surface area contributed by atoms with Crippen molar-refractivity contribution >= 4 is 17.7 Å². The molecule has 2 rings (SSSR count). The number of aromatic amines is 1. The zero-order valence-electron chi connectivity index (χ0n) is 9.64. The van der Waals surface area contributed by atoms with Crippen molar-refractivity contribution in [3.05, 3.63) is 47.8 Å². The van der Waals surface area contributed by atoms with E-state index in [9.17, 15) is 9.18 Å². The molecule has 6 heteroatoms. The minimum Gasteiger partial charge on any atom is -0.464 e. The van der Waals surface area contributed by atoms with Crippen molar-refractivity contribution < 1.29 is 13.9 Å². The van der Waals surface area contributed by atoms with Crippen molar-refractivity contribution in [1.82, 2.24) is 9.97 Å². The monoisotopic (exact) mass is 266 g/mol. The lowest BCUT2D eigenvalue weighted by Crippen LogP contribution is -2.01. The number of H-pyrrole nitrogens is 1. The number of rotatable bonds is 4. The van der Waals surface area contributed by atoms with Gasteiger partial charge in [-0.3, -0.25) is 0 Å². The Labute approximate surface area is 108 Å². The third-order valence-electron chi connectivity index (χ3n) is 2.22. The molecular formula is C12H11FN2O2S. The van der Waals surface area contributed by atoms with E-state index in [0.29, 0.717) is 17.3 Å². The summed E-state index contributed by atoms with van der Waals surface area (Å²) in [6.07, 6.45) is 1.44. The molecule has 0 aliphatic rings. The summed E-state index contributed by atoms with van der Waals surface area (Å²) in [4.78, 5) is 19.1. The fourth-order valence-corrected chi connectivity index (χ4v) is 2.11. The van der Waals surface area contributed by atoms with E-state index in [1.807, 2.05) is 0 Å². The summed E-state index contributed by atoms with van der Waals surface area (Å²) in [5.74, 6) is 0.540. The molecule has 0 atom stereocenters. The van der Waals surface area contributed by atoms with Crippen LogP contribution >= 0.6 is 11.8 Å². The molecule has 0 aliphatic carbocycles. The van der Waals surface area contributed by atoms with Crippen LogP contribution in [0.5, 0.6) is 0 Å². The lowest BCUT2D eigenvalue weighted by molar-refractivity contribution is 0.0594. The molecule has 1 aromatic carbocycles. The van der Waals surface area contributed by atoms with Crippen LogP contribution in [0.25, 0.3) is 0 Å². The normalized spacial score (nSPS) is 10.3. The van der Waals surface area contributed by atoms with E-state index in [-0.39, 0.29) is 5.82 Å². The summed E-state index contributed by atoms with van der Waals surface area (Å²) in [6.45, 7) is 0. The summed E-state index contributed by atoms with van der Waals surface area (Å²) in [5, 5.41) is 0. The van der Waals surface area contributed by atoms with E-state index >= 15 is 0 Å². The van der Waals surface area contributed by atoms with E-state index in [1.165, 1.54) is 37.2 Å². The maximum Gasteiger partial charge on any atom is 0.356 e. The van der Waals surface area contributed by atoms with Gasteiger partial charge in [0.15, 0.2) is 0 Å². The van der Waals surface area contributed by atoms with Crippen LogP contribution in [0.15, 0.2) is 35.4 Å². The number of aromatic nitrogens is 2. The highest BCUT2D eigenvalue weighted by molar-refractivity contribution is 7.98. The molecule has 2 aromatic rings. The molecule has 1 heterocycles. The van der Waals surface area contributed by atoms with Crippen LogP contribution < -0.4 is 0 Å². The molecule has 0 saturated heterocycles. The average Bonchev–Trinajstić information content (AvgIpc) is 2.86. The number of imidazole rings is 1. The molecule has 18 heavy (non-hydrogen) atoms. The van der Waals surface area contributed by atoms with E-state index in [4.69, 9.17) is 0 Å². The third kappa shape index (κ3) is 3.10. The number of nitrogens with zero attached hydrogens (tertiary/aromatic N) is 1. The maximum atomic E-state index is 12.7. The summed E-state index contributed by atoms with van der Waals surface area (Å²) >= 11 is 1.50. The van der Waals surface area contributed by atoms with Gasteiger partial charge < -0.3 is 9.72 Å². The van der Waals surface area contributed by atoms with Gasteiger partial charge in [0, 0.05) is 4.90 Å². The van der Waals surface area contributed by atoms with Crippen molar-refractivity contribution in [1.29, 1.82) is 0 Å². The molecular weight excluding hydrogens is 255 g/mol. The summed E-state index contributed by atoms with van der Waals surface area (Å²) < 4.78 is 17.3. The number of thioether (sulfide) groups is 1. The third-order valence-corrected chi connectivity index (χ3v) is 3.25. The Bertz CT molecular complexity index is 539. The molecule has 0 unspecified atom stereocenters. The molecule has 0 spiro atoms. The number of carbonyl (C=O) groups is 1. The lowest BCUT2D eigenvalue weighted by Gasteiger charge is -1.99. The number of benzene rings is 1. The number of hydrogen-bond donors (Lipinski definition) is 1. The Morgan fingerprint density at radius 3 is 2.83 bits per heavy atom. The Hall–Kier alpha value is -1.82. The van der Waals surface area contributed by atoms with Gasteiger partial charge in [0.25, 0.3) is 0 Å². The number of carbonyl (C=O) groups excluding carboxylic acids is 1. The molecule has 0 bridgehead atoms. The van der Waals surface area contributed by atoms with Gasteiger partial charge in [0.1, 0.15) is 17.3 Å². The number of hydrogen-bond acceptors (Lipinski definition) is 4. The van der Waals surface area contributed by atoms with Crippen molar-refractivity contribution in [2.45, 2.75) is 10.6 Å². The Kier molecular flexibility index (Phi) is 3.99. The summed E-state index contributed by atoms with van der Waals surface area (Å²) in [6, 6.07) is 6.21. The van der Waals surface area contributed by atoms with E-state index in [0.717, 1.165) is 4.90 Å². The Morgan fingerprint density at radius 2 is 2.17 bits per heavy atom. The number of halogens is 1. The fourth-order valence-electron chi connectivity index (χ4n) is 1.33. The molecule has 1 aromatic heterocycles. The van der Waals surface area contributed by atoms with Gasteiger partial charge in [-0.15, -0.1) is 11.8 Å². The molecule has 0 fully saturated rings.